The van der Waals surface area contributed by atoms with Gasteiger partial charge in [-0.2, -0.15) is 10.2 Å². The third-order valence-electron chi connectivity index (χ3n) is 8.89. The van der Waals surface area contributed by atoms with Crippen molar-refractivity contribution in [2.24, 2.45) is 0 Å². The molecule has 270 valence electrons. The van der Waals surface area contributed by atoms with Gasteiger partial charge in [-0.1, -0.05) is 81.0 Å². The number of nitrogens with zero attached hydrogens (tertiary/aromatic N) is 2. The highest BCUT2D eigenvalue weighted by Crippen LogP contribution is 2.28. The van der Waals surface area contributed by atoms with Gasteiger partial charge < -0.3 is 10.2 Å². The molecule has 7 heteroatoms. The van der Waals surface area contributed by atoms with E-state index in [-0.39, 0.29) is 24.9 Å². The number of phenols is 2. The molecular weight excluding hydrogens is 623 g/mol. The highest BCUT2D eigenvalue weighted by atomic mass is 19.1. The smallest absolute Gasteiger partial charge is 0.130 e. The van der Waals surface area contributed by atoms with Crippen LogP contribution in [-0.2, 0) is 0 Å². The Kier molecular flexibility index (Phi) is 15.3. The Morgan fingerprint density at radius 1 is 0.540 bits per heavy atom. The van der Waals surface area contributed by atoms with Gasteiger partial charge in [0.25, 0.3) is 0 Å². The molecule has 0 aliphatic rings. The summed E-state index contributed by atoms with van der Waals surface area (Å²) in [6.45, 7) is 25.2. The van der Waals surface area contributed by atoms with E-state index in [4.69, 9.17) is 10.2 Å². The van der Waals surface area contributed by atoms with Gasteiger partial charge in [0.1, 0.15) is 17.3 Å². The molecule has 6 rings (SSSR count). The van der Waals surface area contributed by atoms with Gasteiger partial charge in [0.2, 0.25) is 0 Å². The van der Waals surface area contributed by atoms with Crippen molar-refractivity contribution in [1.82, 2.24) is 20.4 Å². The number of nitrogens with one attached hydrogen (secondary N) is 2. The maximum absolute atomic E-state index is 13.2. The van der Waals surface area contributed by atoms with Crippen LogP contribution in [0.2, 0.25) is 0 Å². The summed E-state index contributed by atoms with van der Waals surface area (Å²) in [6, 6.07) is 16.8. The number of aryl methyl sites for hydroxylation is 4. The van der Waals surface area contributed by atoms with Crippen molar-refractivity contribution in [3.05, 3.63) is 117 Å². The minimum atomic E-state index is -0.317. The number of fused-ring (bicyclic) bond motifs is 2. The normalized spacial score (nSPS) is 10.8. The zero-order chi connectivity index (χ0) is 36.6. The molecule has 0 bridgehead atoms. The average Bonchev–Trinajstić information content (AvgIpc) is 3.68. The van der Waals surface area contributed by atoms with Crippen molar-refractivity contribution < 1.29 is 14.6 Å². The Hall–Kier alpha value is -4.65. The number of aromatic hydroxyl groups is 2. The SMILES string of the molecule is C.Cc1c(C(C)C)ccc2[nH]ncc12.Cc1c(C(C)C)ccc2[nH]ncc12.Cc1cc(O)cc(F)c1C(C)C.Cc1cc(O)ccc1C(C)C. The predicted molar refractivity (Wildman–Crippen MR) is 210 cm³/mol. The molecule has 6 aromatic rings. The molecule has 0 spiro atoms. The van der Waals surface area contributed by atoms with Crippen molar-refractivity contribution in [2.75, 3.05) is 0 Å². The lowest BCUT2D eigenvalue weighted by molar-refractivity contribution is 0.466. The molecule has 2 aromatic heterocycles. The lowest BCUT2D eigenvalue weighted by Crippen LogP contribution is -1.96. The number of halogens is 1. The minimum absolute atomic E-state index is 0. The van der Waals surface area contributed by atoms with E-state index in [9.17, 15) is 4.39 Å². The number of benzene rings is 4. The van der Waals surface area contributed by atoms with Crippen LogP contribution in [0.15, 0.2) is 67.0 Å². The molecule has 0 radical (unpaired) electrons. The van der Waals surface area contributed by atoms with Crippen LogP contribution in [-0.4, -0.2) is 30.6 Å². The van der Waals surface area contributed by atoms with Gasteiger partial charge in [0.15, 0.2) is 0 Å². The van der Waals surface area contributed by atoms with Gasteiger partial charge in [0.05, 0.1) is 23.4 Å². The summed E-state index contributed by atoms with van der Waals surface area (Å²) < 4.78 is 13.2. The number of hydrogen-bond acceptors (Lipinski definition) is 4. The Morgan fingerprint density at radius 2 is 0.960 bits per heavy atom. The predicted octanol–water partition coefficient (Wildman–Crippen LogP) is 12.4. The van der Waals surface area contributed by atoms with Crippen LogP contribution in [0.3, 0.4) is 0 Å². The number of aromatic nitrogens is 4. The van der Waals surface area contributed by atoms with Crippen molar-refractivity contribution in [3.8, 4) is 11.5 Å². The average molecular weight is 683 g/mol. The first-order valence-electron chi connectivity index (χ1n) is 17.2. The van der Waals surface area contributed by atoms with E-state index < -0.39 is 0 Å². The third kappa shape index (κ3) is 10.4. The molecule has 0 saturated heterocycles. The monoisotopic (exact) mass is 682 g/mol. The van der Waals surface area contributed by atoms with Gasteiger partial charge in [-0.05, 0) is 126 Å². The molecule has 4 aromatic carbocycles. The maximum Gasteiger partial charge on any atom is 0.130 e. The van der Waals surface area contributed by atoms with E-state index in [1.54, 1.807) is 25.1 Å². The molecule has 6 nitrogen and oxygen atoms in total. The first-order chi connectivity index (χ1) is 23.0. The van der Waals surface area contributed by atoms with Crippen LogP contribution >= 0.6 is 0 Å². The van der Waals surface area contributed by atoms with Gasteiger partial charge in [-0.25, -0.2) is 4.39 Å². The molecule has 0 saturated carbocycles. The van der Waals surface area contributed by atoms with Crippen LogP contribution in [0.5, 0.6) is 11.5 Å². The first kappa shape index (κ1) is 41.5. The Balaban J connectivity index is 0.000000230. The molecule has 4 N–H and O–H groups in total. The summed E-state index contributed by atoms with van der Waals surface area (Å²) in [5.41, 5.74) is 11.7. The summed E-state index contributed by atoms with van der Waals surface area (Å²) in [4.78, 5) is 0. The lowest BCUT2D eigenvalue weighted by Gasteiger charge is -2.10. The standard InChI is InChI=1S/2C11H14N2.C10H13FO.C10H14O.CH4/c2*1-7(2)9-4-5-11-10(8(9)3)6-12-13-11;1-6(2)10-7(3)4-8(12)5-9(10)11;1-7(2)10-5-4-9(11)6-8(10)3;/h2*4-7H,1-3H3,(H,12,13);4-6,12H,1-3H3;4-7,11H,1-3H3;1H4. The number of phenolic OH excluding ortho intramolecular Hbond substituents is 2. The van der Waals surface area contributed by atoms with E-state index in [2.05, 4.69) is 100 Å². The Bertz CT molecular complexity index is 1860. The van der Waals surface area contributed by atoms with Crippen molar-refractivity contribution >= 4 is 21.8 Å². The lowest BCUT2D eigenvalue weighted by atomic mass is 9.96. The largest absolute Gasteiger partial charge is 0.508 e. The Labute approximate surface area is 299 Å². The van der Waals surface area contributed by atoms with E-state index in [1.807, 2.05) is 39.2 Å². The van der Waals surface area contributed by atoms with Crippen molar-refractivity contribution in [2.45, 2.75) is 114 Å². The summed E-state index contributed by atoms with van der Waals surface area (Å²) in [6.07, 6.45) is 3.80. The van der Waals surface area contributed by atoms with E-state index in [1.165, 1.54) is 44.2 Å². The van der Waals surface area contributed by atoms with E-state index in [0.717, 1.165) is 22.7 Å². The summed E-state index contributed by atoms with van der Waals surface area (Å²) in [5, 5.41) is 34.7. The quantitative estimate of drug-likeness (QED) is 0.149. The maximum atomic E-state index is 13.2. The van der Waals surface area contributed by atoms with Crippen LogP contribution < -0.4 is 0 Å². The molecule has 0 aliphatic carbocycles. The van der Waals surface area contributed by atoms with Crippen LogP contribution in [0.25, 0.3) is 21.8 Å². The number of aromatic amines is 2. The molecule has 0 fully saturated rings. The number of H-pyrrole nitrogens is 2. The fraction of sp³-hybridized carbons (Fsp3) is 0.395. The van der Waals surface area contributed by atoms with Crippen LogP contribution in [0, 0.1) is 33.5 Å². The summed E-state index contributed by atoms with van der Waals surface area (Å²) in [5.74, 6) is 1.89. The number of hydrogen-bond donors (Lipinski definition) is 4. The fourth-order valence-electron chi connectivity index (χ4n) is 6.38. The Morgan fingerprint density at radius 3 is 1.34 bits per heavy atom. The molecule has 0 aliphatic heterocycles. The molecule has 2 heterocycles. The zero-order valence-electron chi connectivity index (χ0n) is 31.3. The zero-order valence-corrected chi connectivity index (χ0v) is 31.3. The fourth-order valence-corrected chi connectivity index (χ4v) is 6.38. The highest BCUT2D eigenvalue weighted by Gasteiger charge is 2.11. The van der Waals surface area contributed by atoms with Gasteiger partial charge in [-0.15, -0.1) is 0 Å². The second-order valence-corrected chi connectivity index (χ2v) is 14.0. The van der Waals surface area contributed by atoms with Gasteiger partial charge in [0, 0.05) is 16.8 Å². The minimum Gasteiger partial charge on any atom is -0.508 e. The highest BCUT2D eigenvalue weighted by molar-refractivity contribution is 5.83. The molecular formula is C43H59FN4O2. The molecule has 0 amide bonds. The molecule has 50 heavy (non-hydrogen) atoms. The molecule has 0 atom stereocenters. The van der Waals surface area contributed by atoms with E-state index in [0.29, 0.717) is 29.1 Å². The van der Waals surface area contributed by atoms with E-state index >= 15 is 0 Å². The second-order valence-electron chi connectivity index (χ2n) is 14.0. The summed E-state index contributed by atoms with van der Waals surface area (Å²) in [7, 11) is 0. The van der Waals surface area contributed by atoms with Crippen molar-refractivity contribution in [3.63, 3.8) is 0 Å². The molecule has 0 unspecified atom stereocenters. The second kappa shape index (κ2) is 18.4. The number of rotatable bonds is 4. The van der Waals surface area contributed by atoms with Gasteiger partial charge >= 0.3 is 0 Å². The summed E-state index contributed by atoms with van der Waals surface area (Å²) >= 11 is 0. The topological polar surface area (TPSA) is 97.8 Å². The van der Waals surface area contributed by atoms with Crippen LogP contribution in [0.4, 0.5) is 4.39 Å². The first-order valence-corrected chi connectivity index (χ1v) is 17.2. The van der Waals surface area contributed by atoms with Gasteiger partial charge in [-0.3, -0.25) is 10.2 Å². The third-order valence-corrected chi connectivity index (χ3v) is 8.89. The van der Waals surface area contributed by atoms with Crippen LogP contribution in [0.1, 0.15) is 131 Å². The van der Waals surface area contributed by atoms with Crippen molar-refractivity contribution in [1.29, 1.82) is 0 Å².